The third-order valence-corrected chi connectivity index (χ3v) is 13.8. The Morgan fingerprint density at radius 2 is 0.938 bits per heavy atom. The first-order chi connectivity index (χ1) is 30.9. The number of halogens is 2. The first-order valence-electron chi connectivity index (χ1n) is 23.4. The van der Waals surface area contributed by atoms with Gasteiger partial charge >= 0.3 is 37.9 Å². The average Bonchev–Trinajstić information content (AvgIpc) is 4.03. The third kappa shape index (κ3) is 11.6. The maximum absolute atomic E-state index is 4.93. The molecule has 0 amide bonds. The second kappa shape index (κ2) is 23.6. The summed E-state index contributed by atoms with van der Waals surface area (Å²) in [5.74, 6) is 2.20. The molecule has 0 saturated carbocycles. The number of benzene rings is 6. The van der Waals surface area contributed by atoms with Crippen molar-refractivity contribution in [2.45, 2.75) is 119 Å². The van der Waals surface area contributed by atoms with E-state index in [0.29, 0.717) is 23.7 Å². The molecule has 0 atom stereocenters. The smallest absolute Gasteiger partial charge is 0.0920 e. The number of hydrogen-bond donors (Lipinski definition) is 0. The molecule has 330 valence electrons. The summed E-state index contributed by atoms with van der Waals surface area (Å²) in [5.41, 5.74) is 17.3. The van der Waals surface area contributed by atoms with E-state index >= 15 is 0 Å². The van der Waals surface area contributed by atoms with Crippen LogP contribution in [-0.2, 0) is 33.7 Å². The summed E-state index contributed by atoms with van der Waals surface area (Å²) in [5, 5.41) is 8.44. The van der Waals surface area contributed by atoms with Gasteiger partial charge in [0.05, 0.1) is 9.52 Å². The molecular formula is C60H65Cl2SiZr-3. The van der Waals surface area contributed by atoms with Gasteiger partial charge in [-0.05, 0) is 58.8 Å². The molecule has 0 unspecified atom stereocenters. The Balaban J connectivity index is 0.000000160. The van der Waals surface area contributed by atoms with Crippen molar-refractivity contribution in [3.05, 3.63) is 179 Å². The minimum atomic E-state index is -0.826. The molecule has 0 fully saturated rings. The van der Waals surface area contributed by atoms with Crippen molar-refractivity contribution in [1.82, 2.24) is 0 Å². The zero-order chi connectivity index (χ0) is 45.9. The molecule has 0 aliphatic carbocycles. The van der Waals surface area contributed by atoms with E-state index in [0.717, 1.165) is 22.4 Å². The van der Waals surface area contributed by atoms with E-state index in [-0.39, 0.29) is 0 Å². The Bertz CT molecular complexity index is 2560. The van der Waals surface area contributed by atoms with Crippen LogP contribution in [0.5, 0.6) is 0 Å². The number of hydrogen-bond acceptors (Lipinski definition) is 0. The maximum Gasteiger partial charge on any atom is 0.0920 e. The Labute approximate surface area is 407 Å². The Kier molecular flexibility index (Phi) is 18.3. The van der Waals surface area contributed by atoms with Gasteiger partial charge in [0.25, 0.3) is 0 Å². The molecule has 9 rings (SSSR count). The van der Waals surface area contributed by atoms with Gasteiger partial charge < -0.3 is 0 Å². The van der Waals surface area contributed by atoms with E-state index in [4.69, 9.17) is 17.0 Å². The number of aryl methyl sites for hydroxylation is 2. The summed E-state index contributed by atoms with van der Waals surface area (Å²) < 4.78 is 0. The van der Waals surface area contributed by atoms with E-state index in [1.165, 1.54) is 112 Å². The Morgan fingerprint density at radius 3 is 1.38 bits per heavy atom. The van der Waals surface area contributed by atoms with Gasteiger partial charge in [0.1, 0.15) is 0 Å². The van der Waals surface area contributed by atoms with E-state index in [1.54, 1.807) is 0 Å². The second-order valence-corrected chi connectivity index (χ2v) is 23.3. The van der Waals surface area contributed by atoms with Crippen LogP contribution >= 0.6 is 17.0 Å². The van der Waals surface area contributed by atoms with Crippen LogP contribution in [0.3, 0.4) is 0 Å². The predicted octanol–water partition coefficient (Wildman–Crippen LogP) is 17.3. The van der Waals surface area contributed by atoms with Gasteiger partial charge in [-0.1, -0.05) is 188 Å². The summed E-state index contributed by atoms with van der Waals surface area (Å²) in [6.45, 7) is 22.8. The molecule has 1 aliphatic heterocycles. The summed E-state index contributed by atoms with van der Waals surface area (Å²) in [4.78, 5) is 0. The average molecular weight is 976 g/mol. The van der Waals surface area contributed by atoms with Gasteiger partial charge in [-0.25, -0.2) is 0 Å². The molecule has 0 saturated heterocycles. The molecule has 0 nitrogen and oxygen atoms in total. The van der Waals surface area contributed by atoms with Crippen molar-refractivity contribution in [3.63, 3.8) is 0 Å². The summed E-state index contributed by atoms with van der Waals surface area (Å²) >= 11 is -0.826. The standard InChI is InChI=1S/2C24H29.C12H7Si.2ClH.Zr/c2*1-6-9-18-12-13-19-14-20(16(2)3)15-23(19)24(18)22-11-8-7-10-21(22)17(4)5;1-3-7-11-9(5-1)10-6-2-4-8-12(10)13-11;;;/h2*7-8,10-17H,6,9H2,1-5H3;1-7H;2*1H;/q3*-1;;;+2/p-2. The van der Waals surface area contributed by atoms with Gasteiger partial charge in [0, 0.05) is 0 Å². The second-order valence-electron chi connectivity index (χ2n) is 18.3. The van der Waals surface area contributed by atoms with Crippen LogP contribution in [0, 0.1) is 6.07 Å². The first kappa shape index (κ1) is 49.6. The van der Waals surface area contributed by atoms with Crippen molar-refractivity contribution in [2.75, 3.05) is 0 Å². The van der Waals surface area contributed by atoms with Crippen molar-refractivity contribution < 1.29 is 20.8 Å². The van der Waals surface area contributed by atoms with E-state index in [2.05, 4.69) is 209 Å². The Hall–Kier alpha value is -3.78. The van der Waals surface area contributed by atoms with Crippen molar-refractivity contribution in [1.29, 1.82) is 0 Å². The van der Waals surface area contributed by atoms with E-state index < -0.39 is 20.8 Å². The van der Waals surface area contributed by atoms with Crippen LogP contribution in [0.1, 0.15) is 139 Å². The topological polar surface area (TPSA) is 0 Å². The van der Waals surface area contributed by atoms with Gasteiger partial charge in [0.15, 0.2) is 0 Å². The van der Waals surface area contributed by atoms with Crippen molar-refractivity contribution >= 4 is 58.5 Å². The van der Waals surface area contributed by atoms with Crippen LogP contribution in [0.25, 0.3) is 54.9 Å². The molecule has 64 heavy (non-hydrogen) atoms. The van der Waals surface area contributed by atoms with Crippen LogP contribution in [0.2, 0.25) is 0 Å². The van der Waals surface area contributed by atoms with Crippen molar-refractivity contribution in [3.8, 4) is 33.4 Å². The third-order valence-electron chi connectivity index (χ3n) is 12.4. The van der Waals surface area contributed by atoms with Crippen LogP contribution in [-0.4, -0.2) is 9.52 Å². The Morgan fingerprint density at radius 1 is 0.516 bits per heavy atom. The predicted molar refractivity (Wildman–Crippen MR) is 282 cm³/mol. The minimum Gasteiger partial charge on any atom is -0.184 e. The van der Waals surface area contributed by atoms with Gasteiger partial charge in [-0.2, -0.15) is 41.6 Å². The van der Waals surface area contributed by atoms with Crippen LogP contribution < -0.4 is 10.4 Å². The fraction of sp³-hybridized carbons (Fsp3) is 0.300. The zero-order valence-corrected chi connectivity index (χ0v) is 44.6. The summed E-state index contributed by atoms with van der Waals surface area (Å²) in [7, 11) is 10.7. The molecular weight excluding hydrogens is 911 g/mol. The SMILES string of the molecule is CCCc1ccc2[cH-]c(C(C)C)cc2c1-c1ccccc1C(C)C.CCCc1ccc2[cH-]c(C(C)C)cc2c1-c1ccccc1C(C)C.[Cl][Zr][Cl].[c-]1cccc2c1[Si]c1ccccc1-2. The van der Waals surface area contributed by atoms with Gasteiger partial charge in [0.2, 0.25) is 0 Å². The molecule has 1 aliphatic rings. The molecule has 8 aromatic rings. The molecule has 2 radical (unpaired) electrons. The first-order valence-corrected chi connectivity index (χ1v) is 30.7. The van der Waals surface area contributed by atoms with E-state index in [9.17, 15) is 0 Å². The van der Waals surface area contributed by atoms with Crippen LogP contribution in [0.15, 0.2) is 140 Å². The maximum atomic E-state index is 4.93. The fourth-order valence-electron chi connectivity index (χ4n) is 9.14. The fourth-order valence-corrected chi connectivity index (χ4v) is 10.5. The van der Waals surface area contributed by atoms with Gasteiger partial charge in [-0.15, -0.1) is 74.6 Å². The molecule has 0 bridgehead atoms. The monoisotopic (exact) mass is 973 g/mol. The molecule has 8 aromatic carbocycles. The van der Waals surface area contributed by atoms with Gasteiger partial charge in [-0.3, -0.25) is 0 Å². The quantitative estimate of drug-likeness (QED) is 0.0946. The molecule has 0 spiro atoms. The zero-order valence-electron chi connectivity index (χ0n) is 39.7. The largest absolute Gasteiger partial charge is 0.184 e. The normalized spacial score (nSPS) is 11.6. The number of rotatable bonds is 10. The minimum absolute atomic E-state index is 0.533. The van der Waals surface area contributed by atoms with Crippen LogP contribution in [0.4, 0.5) is 0 Å². The molecule has 4 heteroatoms. The summed E-state index contributed by atoms with van der Waals surface area (Å²) in [6.07, 6.45) is 4.64. The molecule has 0 aromatic heterocycles. The molecule has 1 heterocycles. The van der Waals surface area contributed by atoms with E-state index in [1.807, 2.05) is 6.07 Å². The summed E-state index contributed by atoms with van der Waals surface area (Å²) in [6, 6.07) is 55.0. The molecule has 0 N–H and O–H groups in total. The number of fused-ring (bicyclic) bond motifs is 5. The van der Waals surface area contributed by atoms with Crippen molar-refractivity contribution in [2.24, 2.45) is 0 Å².